The van der Waals surface area contributed by atoms with Gasteiger partial charge in [-0.2, -0.15) is 13.2 Å². The van der Waals surface area contributed by atoms with Crippen LogP contribution in [0.5, 0.6) is 0 Å². The first-order valence-corrected chi connectivity index (χ1v) is 5.61. The first-order chi connectivity index (χ1) is 7.90. The fourth-order valence-electron chi connectivity index (χ4n) is 1.77. The van der Waals surface area contributed by atoms with Crippen molar-refractivity contribution in [2.24, 2.45) is 0 Å². The molecule has 0 radical (unpaired) electrons. The average molecular weight is 246 g/mol. The molecule has 0 unspecified atom stereocenters. The number of hydrogen-bond acceptors (Lipinski definition) is 2. The smallest absolute Gasteiger partial charge is 0.399 e. The van der Waals surface area contributed by atoms with Gasteiger partial charge in [-0.1, -0.05) is 6.92 Å². The van der Waals surface area contributed by atoms with Crippen LogP contribution in [0.4, 0.5) is 24.5 Å². The Hall–Kier alpha value is -1.39. The van der Waals surface area contributed by atoms with Gasteiger partial charge in [0.1, 0.15) is 0 Å². The molecule has 5 heteroatoms. The zero-order valence-electron chi connectivity index (χ0n) is 10.0. The summed E-state index contributed by atoms with van der Waals surface area (Å²) in [4.78, 5) is 1.69. The minimum Gasteiger partial charge on any atom is -0.399 e. The van der Waals surface area contributed by atoms with E-state index in [4.69, 9.17) is 5.73 Å². The maximum absolute atomic E-state index is 12.8. The zero-order chi connectivity index (χ0) is 13.1. The number of halogens is 3. The Balaban J connectivity index is 3.23. The van der Waals surface area contributed by atoms with Gasteiger partial charge in [0, 0.05) is 18.8 Å². The van der Waals surface area contributed by atoms with Crippen molar-refractivity contribution >= 4 is 11.4 Å². The Labute approximate surface area is 99.2 Å². The Kier molecular flexibility index (Phi) is 4.26. The molecule has 0 fully saturated rings. The summed E-state index contributed by atoms with van der Waals surface area (Å²) in [5.74, 6) is 0. The van der Waals surface area contributed by atoms with Crippen molar-refractivity contribution in [3.63, 3.8) is 0 Å². The molecular formula is C12H17F3N2. The lowest BCUT2D eigenvalue weighted by Crippen LogP contribution is -2.26. The molecule has 2 nitrogen and oxygen atoms in total. The predicted molar refractivity (Wildman–Crippen MR) is 64.0 cm³/mol. The van der Waals surface area contributed by atoms with Crippen LogP contribution in [0.25, 0.3) is 0 Å². The Bertz CT molecular complexity index is 375. The number of hydrogen-bond donors (Lipinski definition) is 1. The minimum absolute atomic E-state index is 0.168. The lowest BCUT2D eigenvalue weighted by molar-refractivity contribution is -0.137. The Morgan fingerprint density at radius 3 is 2.35 bits per heavy atom. The normalized spacial score (nSPS) is 11.6. The van der Waals surface area contributed by atoms with Gasteiger partial charge in [-0.25, -0.2) is 0 Å². The van der Waals surface area contributed by atoms with Gasteiger partial charge < -0.3 is 10.6 Å². The van der Waals surface area contributed by atoms with E-state index in [0.717, 1.165) is 12.5 Å². The number of anilines is 2. The summed E-state index contributed by atoms with van der Waals surface area (Å²) in [5.41, 5.74) is 5.46. The molecule has 17 heavy (non-hydrogen) atoms. The molecule has 0 saturated heterocycles. The second-order valence-corrected chi connectivity index (χ2v) is 3.85. The molecule has 96 valence electrons. The summed E-state index contributed by atoms with van der Waals surface area (Å²) < 4.78 is 38.5. The molecule has 0 atom stereocenters. The summed E-state index contributed by atoms with van der Waals surface area (Å²) in [6, 6.07) is 3.72. The van der Waals surface area contributed by atoms with Crippen LogP contribution in [0.1, 0.15) is 25.8 Å². The van der Waals surface area contributed by atoms with Crippen LogP contribution >= 0.6 is 0 Å². The highest BCUT2D eigenvalue weighted by atomic mass is 19.4. The second kappa shape index (κ2) is 5.29. The van der Waals surface area contributed by atoms with Gasteiger partial charge in [0.15, 0.2) is 0 Å². The molecule has 0 aliphatic rings. The van der Waals surface area contributed by atoms with Crippen molar-refractivity contribution in [1.29, 1.82) is 0 Å². The van der Waals surface area contributed by atoms with Crippen LogP contribution in [-0.2, 0) is 6.18 Å². The maximum atomic E-state index is 12.8. The monoisotopic (exact) mass is 246 g/mol. The number of alkyl halides is 3. The van der Waals surface area contributed by atoms with E-state index >= 15 is 0 Å². The molecule has 0 heterocycles. The van der Waals surface area contributed by atoms with Crippen molar-refractivity contribution in [3.8, 4) is 0 Å². The third-order valence-electron chi connectivity index (χ3n) is 2.54. The standard InChI is InChI=1S/C12H17F3N2/c1-3-7-17(4-2)11-8-9(16)5-6-10(11)12(13,14)15/h5-6,8H,3-4,7,16H2,1-2H3. The highest BCUT2D eigenvalue weighted by Crippen LogP contribution is 2.37. The molecular weight excluding hydrogens is 229 g/mol. The number of nitrogens with two attached hydrogens (primary N) is 1. The quantitative estimate of drug-likeness (QED) is 0.823. The molecule has 2 N–H and O–H groups in total. The predicted octanol–water partition coefficient (Wildman–Crippen LogP) is 3.52. The number of nitrogens with zero attached hydrogens (tertiary/aromatic N) is 1. The number of benzene rings is 1. The fourth-order valence-corrected chi connectivity index (χ4v) is 1.77. The van der Waals surface area contributed by atoms with Crippen molar-refractivity contribution in [1.82, 2.24) is 0 Å². The third kappa shape index (κ3) is 3.28. The third-order valence-corrected chi connectivity index (χ3v) is 2.54. The molecule has 0 aliphatic heterocycles. The highest BCUT2D eigenvalue weighted by Gasteiger charge is 2.34. The Morgan fingerprint density at radius 1 is 1.24 bits per heavy atom. The average Bonchev–Trinajstić information content (AvgIpc) is 2.24. The van der Waals surface area contributed by atoms with Gasteiger partial charge in [-0.3, -0.25) is 0 Å². The molecule has 0 amide bonds. The summed E-state index contributed by atoms with van der Waals surface area (Å²) in [5, 5.41) is 0. The minimum atomic E-state index is -4.34. The van der Waals surface area contributed by atoms with E-state index in [2.05, 4.69) is 0 Å². The van der Waals surface area contributed by atoms with E-state index in [1.165, 1.54) is 12.1 Å². The zero-order valence-corrected chi connectivity index (χ0v) is 10.0. The fraction of sp³-hybridized carbons (Fsp3) is 0.500. The van der Waals surface area contributed by atoms with Gasteiger partial charge in [0.05, 0.1) is 11.3 Å². The highest BCUT2D eigenvalue weighted by molar-refractivity contribution is 5.62. The van der Waals surface area contributed by atoms with E-state index < -0.39 is 11.7 Å². The van der Waals surface area contributed by atoms with Gasteiger partial charge in [0.2, 0.25) is 0 Å². The first kappa shape index (κ1) is 13.7. The summed E-state index contributed by atoms with van der Waals surface area (Å²) in [6.45, 7) is 4.88. The number of rotatable bonds is 4. The van der Waals surface area contributed by atoms with Crippen LogP contribution in [-0.4, -0.2) is 13.1 Å². The molecule has 1 aromatic carbocycles. The lowest BCUT2D eigenvalue weighted by Gasteiger charge is -2.26. The van der Waals surface area contributed by atoms with Gasteiger partial charge in [-0.05, 0) is 31.5 Å². The first-order valence-electron chi connectivity index (χ1n) is 5.61. The largest absolute Gasteiger partial charge is 0.418 e. The van der Waals surface area contributed by atoms with Crippen molar-refractivity contribution in [2.45, 2.75) is 26.4 Å². The van der Waals surface area contributed by atoms with E-state index in [-0.39, 0.29) is 5.69 Å². The molecule has 1 rings (SSSR count). The SMILES string of the molecule is CCCN(CC)c1cc(N)ccc1C(F)(F)F. The summed E-state index contributed by atoms with van der Waals surface area (Å²) >= 11 is 0. The molecule has 1 aromatic rings. The van der Waals surface area contributed by atoms with Crippen LogP contribution in [0.2, 0.25) is 0 Å². The van der Waals surface area contributed by atoms with E-state index in [9.17, 15) is 13.2 Å². The molecule has 0 bridgehead atoms. The number of nitrogen functional groups attached to an aromatic ring is 1. The van der Waals surface area contributed by atoms with Gasteiger partial charge in [0.25, 0.3) is 0 Å². The van der Waals surface area contributed by atoms with Crippen molar-refractivity contribution in [2.75, 3.05) is 23.7 Å². The topological polar surface area (TPSA) is 29.3 Å². The van der Waals surface area contributed by atoms with E-state index in [1.807, 2.05) is 13.8 Å². The molecule has 0 aromatic heterocycles. The summed E-state index contributed by atoms with van der Waals surface area (Å²) in [7, 11) is 0. The van der Waals surface area contributed by atoms with E-state index in [0.29, 0.717) is 18.8 Å². The maximum Gasteiger partial charge on any atom is 0.418 e. The molecule has 0 saturated carbocycles. The van der Waals surface area contributed by atoms with Crippen LogP contribution < -0.4 is 10.6 Å². The van der Waals surface area contributed by atoms with Gasteiger partial charge >= 0.3 is 6.18 Å². The van der Waals surface area contributed by atoms with E-state index in [1.54, 1.807) is 4.90 Å². The van der Waals surface area contributed by atoms with Crippen LogP contribution in [0.15, 0.2) is 18.2 Å². The van der Waals surface area contributed by atoms with Gasteiger partial charge in [-0.15, -0.1) is 0 Å². The second-order valence-electron chi connectivity index (χ2n) is 3.85. The molecule has 0 aliphatic carbocycles. The summed E-state index contributed by atoms with van der Waals surface area (Å²) in [6.07, 6.45) is -3.55. The van der Waals surface area contributed by atoms with Crippen LogP contribution in [0, 0.1) is 0 Å². The van der Waals surface area contributed by atoms with Crippen molar-refractivity contribution in [3.05, 3.63) is 23.8 Å². The van der Waals surface area contributed by atoms with Crippen molar-refractivity contribution < 1.29 is 13.2 Å². The van der Waals surface area contributed by atoms with Crippen LogP contribution in [0.3, 0.4) is 0 Å². The molecule has 0 spiro atoms. The Morgan fingerprint density at radius 2 is 1.88 bits per heavy atom. The lowest BCUT2D eigenvalue weighted by atomic mass is 10.1.